The van der Waals surface area contributed by atoms with E-state index in [0.717, 1.165) is 0 Å². The minimum atomic E-state index is -0.449. The highest BCUT2D eigenvalue weighted by Crippen LogP contribution is 2.29. The van der Waals surface area contributed by atoms with Gasteiger partial charge in [-0.3, -0.25) is 4.79 Å². The first-order valence-corrected chi connectivity index (χ1v) is 5.39. The second-order valence-corrected chi connectivity index (χ2v) is 6.04. The molecule has 0 fully saturated rings. The van der Waals surface area contributed by atoms with Crippen LogP contribution in [0.25, 0.3) is 0 Å². The minimum absolute atomic E-state index is 0.0166. The first-order chi connectivity index (χ1) is 6.56. The summed E-state index contributed by atoms with van der Waals surface area (Å²) in [5.41, 5.74) is -0.527. The van der Waals surface area contributed by atoms with Crippen molar-refractivity contribution in [2.24, 2.45) is 11.3 Å². The zero-order valence-electron chi connectivity index (χ0n) is 10.8. The van der Waals surface area contributed by atoms with Gasteiger partial charge in [0.2, 0.25) is 0 Å². The maximum Gasteiger partial charge on any atom is 0.306 e. The van der Waals surface area contributed by atoms with Gasteiger partial charge >= 0.3 is 5.97 Å². The first-order valence-electron chi connectivity index (χ1n) is 5.39. The molecule has 90 valence electrons. The lowest BCUT2D eigenvalue weighted by molar-refractivity contribution is -0.157. The van der Waals surface area contributed by atoms with E-state index in [0.29, 0.717) is 0 Å². The summed E-state index contributed by atoms with van der Waals surface area (Å²) >= 11 is 0. The van der Waals surface area contributed by atoms with Crippen LogP contribution >= 0.6 is 0 Å². The van der Waals surface area contributed by atoms with Gasteiger partial charge in [-0.15, -0.1) is 0 Å². The second kappa shape index (κ2) is 4.97. The van der Waals surface area contributed by atoms with Gasteiger partial charge in [-0.2, -0.15) is 0 Å². The molecule has 0 aliphatic carbocycles. The van der Waals surface area contributed by atoms with Crippen LogP contribution in [0.15, 0.2) is 0 Å². The van der Waals surface area contributed by atoms with Gasteiger partial charge in [-0.05, 0) is 32.1 Å². The van der Waals surface area contributed by atoms with Gasteiger partial charge < -0.3 is 9.84 Å². The monoisotopic (exact) mass is 216 g/mol. The Balaban J connectivity index is 4.27. The second-order valence-electron chi connectivity index (χ2n) is 6.04. The highest BCUT2D eigenvalue weighted by Gasteiger charge is 2.28. The molecule has 0 saturated carbocycles. The molecular weight excluding hydrogens is 192 g/mol. The first kappa shape index (κ1) is 14.4. The van der Waals surface area contributed by atoms with Crippen LogP contribution in [0.4, 0.5) is 0 Å². The van der Waals surface area contributed by atoms with Crippen molar-refractivity contribution in [1.82, 2.24) is 0 Å². The van der Waals surface area contributed by atoms with E-state index in [9.17, 15) is 9.90 Å². The molecule has 0 heterocycles. The van der Waals surface area contributed by atoms with Crippen LogP contribution in [0.5, 0.6) is 0 Å². The highest BCUT2D eigenvalue weighted by atomic mass is 16.6. The fraction of sp³-hybridized carbons (Fsp3) is 0.917. The van der Waals surface area contributed by atoms with Crippen molar-refractivity contribution in [1.29, 1.82) is 0 Å². The highest BCUT2D eigenvalue weighted by molar-refractivity contribution is 5.70. The third-order valence-electron chi connectivity index (χ3n) is 2.28. The largest absolute Gasteiger partial charge is 0.460 e. The SMILES string of the molecule is CC(C)(C)OC(=O)C[C@@H](CO)C(C)(C)C. The number of hydrogen-bond donors (Lipinski definition) is 1. The average Bonchev–Trinajstić information content (AvgIpc) is 1.94. The molecule has 0 aromatic rings. The summed E-state index contributed by atoms with van der Waals surface area (Å²) in [6.45, 7) is 11.6. The number of aliphatic hydroxyl groups is 1. The molecule has 3 nitrogen and oxygen atoms in total. The Morgan fingerprint density at radius 2 is 1.67 bits per heavy atom. The molecule has 0 rings (SSSR count). The van der Waals surface area contributed by atoms with Crippen molar-refractivity contribution >= 4 is 5.97 Å². The molecule has 0 aliphatic rings. The van der Waals surface area contributed by atoms with Crippen LogP contribution in [0.2, 0.25) is 0 Å². The smallest absolute Gasteiger partial charge is 0.306 e. The Morgan fingerprint density at radius 1 is 1.20 bits per heavy atom. The number of aliphatic hydroxyl groups excluding tert-OH is 1. The Kier molecular flexibility index (Phi) is 4.78. The molecule has 0 aliphatic heterocycles. The van der Waals surface area contributed by atoms with Gasteiger partial charge in [0.15, 0.2) is 0 Å². The molecule has 15 heavy (non-hydrogen) atoms. The Morgan fingerprint density at radius 3 is 1.93 bits per heavy atom. The standard InChI is InChI=1S/C12H24O3/c1-11(2,3)9(8-13)7-10(14)15-12(4,5)6/h9,13H,7-8H2,1-6H3/t9-/m0/s1. The molecule has 0 spiro atoms. The zero-order valence-corrected chi connectivity index (χ0v) is 10.8. The third-order valence-corrected chi connectivity index (χ3v) is 2.28. The number of carbonyl (C=O) groups is 1. The molecule has 3 heteroatoms. The van der Waals surface area contributed by atoms with Crippen LogP contribution in [0.3, 0.4) is 0 Å². The van der Waals surface area contributed by atoms with Crippen molar-refractivity contribution < 1.29 is 14.6 Å². The van der Waals surface area contributed by atoms with E-state index in [-0.39, 0.29) is 30.3 Å². The van der Waals surface area contributed by atoms with Gasteiger partial charge in [0, 0.05) is 6.61 Å². The molecule has 1 N–H and O–H groups in total. The lowest BCUT2D eigenvalue weighted by Gasteiger charge is -2.29. The van der Waals surface area contributed by atoms with Crippen LogP contribution < -0.4 is 0 Å². The molecule has 0 radical (unpaired) electrons. The quantitative estimate of drug-likeness (QED) is 0.737. The van der Waals surface area contributed by atoms with E-state index >= 15 is 0 Å². The summed E-state index contributed by atoms with van der Waals surface area (Å²) in [5, 5.41) is 9.20. The normalized spacial score (nSPS) is 14.9. The summed E-state index contributed by atoms with van der Waals surface area (Å²) in [7, 11) is 0. The minimum Gasteiger partial charge on any atom is -0.460 e. The number of esters is 1. The van der Waals surface area contributed by atoms with Gasteiger partial charge in [0.1, 0.15) is 5.60 Å². The van der Waals surface area contributed by atoms with E-state index in [1.165, 1.54) is 0 Å². The maximum atomic E-state index is 11.5. The molecular formula is C12H24O3. The fourth-order valence-corrected chi connectivity index (χ4v) is 1.23. The van der Waals surface area contributed by atoms with Crippen LogP contribution in [0, 0.1) is 11.3 Å². The lowest BCUT2D eigenvalue weighted by Crippen LogP contribution is -2.30. The summed E-state index contributed by atoms with van der Waals surface area (Å²) in [4.78, 5) is 11.5. The van der Waals surface area contributed by atoms with Crippen molar-refractivity contribution in [2.45, 2.75) is 53.6 Å². The van der Waals surface area contributed by atoms with Gasteiger partial charge in [0.05, 0.1) is 6.42 Å². The van der Waals surface area contributed by atoms with E-state index in [1.54, 1.807) is 0 Å². The summed E-state index contributed by atoms with van der Waals surface area (Å²) in [6, 6.07) is 0. The van der Waals surface area contributed by atoms with Crippen molar-refractivity contribution in [3.05, 3.63) is 0 Å². The molecule has 0 saturated heterocycles. The lowest BCUT2D eigenvalue weighted by atomic mass is 9.79. The Bertz CT molecular complexity index is 208. The predicted molar refractivity (Wildman–Crippen MR) is 60.5 cm³/mol. The van der Waals surface area contributed by atoms with Crippen molar-refractivity contribution in [2.75, 3.05) is 6.61 Å². The molecule has 0 aromatic carbocycles. The predicted octanol–water partition coefficient (Wildman–Crippen LogP) is 2.37. The van der Waals surface area contributed by atoms with Crippen LogP contribution in [-0.4, -0.2) is 23.3 Å². The van der Waals surface area contributed by atoms with E-state index in [4.69, 9.17) is 4.74 Å². The average molecular weight is 216 g/mol. The molecule has 0 amide bonds. The van der Waals surface area contributed by atoms with Crippen LogP contribution in [-0.2, 0) is 9.53 Å². The van der Waals surface area contributed by atoms with E-state index in [2.05, 4.69) is 0 Å². The summed E-state index contributed by atoms with van der Waals surface area (Å²) in [5.74, 6) is -0.288. The van der Waals surface area contributed by atoms with Crippen LogP contribution in [0.1, 0.15) is 48.0 Å². The van der Waals surface area contributed by atoms with E-state index < -0.39 is 5.60 Å². The molecule has 0 unspecified atom stereocenters. The van der Waals surface area contributed by atoms with E-state index in [1.807, 2.05) is 41.5 Å². The van der Waals surface area contributed by atoms with Gasteiger partial charge in [0.25, 0.3) is 0 Å². The number of ether oxygens (including phenoxy) is 1. The fourth-order valence-electron chi connectivity index (χ4n) is 1.23. The summed E-state index contributed by atoms with van der Waals surface area (Å²) < 4.78 is 5.22. The maximum absolute atomic E-state index is 11.5. The molecule has 0 aromatic heterocycles. The van der Waals surface area contributed by atoms with Crippen molar-refractivity contribution in [3.8, 4) is 0 Å². The Labute approximate surface area is 92.8 Å². The van der Waals surface area contributed by atoms with Crippen molar-refractivity contribution in [3.63, 3.8) is 0 Å². The summed E-state index contributed by atoms with van der Waals surface area (Å²) in [6.07, 6.45) is 0.275. The van der Waals surface area contributed by atoms with Gasteiger partial charge in [-0.1, -0.05) is 20.8 Å². The molecule has 0 bridgehead atoms. The number of hydrogen-bond acceptors (Lipinski definition) is 3. The zero-order chi connectivity index (χ0) is 12.3. The number of rotatable bonds is 3. The Hall–Kier alpha value is -0.570. The third kappa shape index (κ3) is 6.50. The topological polar surface area (TPSA) is 46.5 Å². The van der Waals surface area contributed by atoms with Gasteiger partial charge in [-0.25, -0.2) is 0 Å². The molecule has 1 atom stereocenters. The number of carbonyl (C=O) groups excluding carboxylic acids is 1.